The summed E-state index contributed by atoms with van der Waals surface area (Å²) in [6.07, 6.45) is 0. The van der Waals surface area contributed by atoms with Gasteiger partial charge in [-0.05, 0) is 26.0 Å². The smallest absolute Gasteiger partial charge is 0.354 e. The van der Waals surface area contributed by atoms with Gasteiger partial charge >= 0.3 is 5.97 Å². The van der Waals surface area contributed by atoms with Gasteiger partial charge < -0.3 is 10.4 Å². The van der Waals surface area contributed by atoms with Crippen LogP contribution < -0.4 is 5.32 Å². The highest BCUT2D eigenvalue weighted by Gasteiger charge is 2.07. The Hall–Kier alpha value is -1.95. The van der Waals surface area contributed by atoms with Crippen molar-refractivity contribution in [3.63, 3.8) is 0 Å². The van der Waals surface area contributed by atoms with Crippen molar-refractivity contribution in [3.05, 3.63) is 39.5 Å². The van der Waals surface area contributed by atoms with E-state index in [-0.39, 0.29) is 5.69 Å². The van der Waals surface area contributed by atoms with Crippen molar-refractivity contribution in [1.29, 1.82) is 0 Å². The van der Waals surface area contributed by atoms with E-state index in [4.69, 9.17) is 5.11 Å². The fraction of sp³-hybridized carbons (Fsp3) is 0.250. The Labute approximate surface area is 109 Å². The van der Waals surface area contributed by atoms with Gasteiger partial charge in [0.05, 0.1) is 17.2 Å². The van der Waals surface area contributed by atoms with Gasteiger partial charge in [0.2, 0.25) is 0 Å². The maximum Gasteiger partial charge on any atom is 0.354 e. The van der Waals surface area contributed by atoms with E-state index in [0.29, 0.717) is 12.4 Å². The normalized spacial score (nSPS) is 10.3. The summed E-state index contributed by atoms with van der Waals surface area (Å²) in [4.78, 5) is 20.3. The summed E-state index contributed by atoms with van der Waals surface area (Å²) in [6.45, 7) is 4.53. The van der Waals surface area contributed by atoms with E-state index in [1.165, 1.54) is 6.07 Å². The second-order valence-corrected chi connectivity index (χ2v) is 5.10. The number of carboxylic acid groups (broad SMARTS) is 1. The predicted octanol–water partition coefficient (Wildman–Crippen LogP) is 2.47. The molecule has 6 heteroatoms. The van der Waals surface area contributed by atoms with Gasteiger partial charge in [0.15, 0.2) is 5.69 Å². The summed E-state index contributed by atoms with van der Waals surface area (Å²) in [5, 5.41) is 13.0. The van der Waals surface area contributed by atoms with Crippen molar-refractivity contribution in [2.24, 2.45) is 0 Å². The first-order valence-corrected chi connectivity index (χ1v) is 6.25. The second kappa shape index (κ2) is 5.14. The molecular formula is C12H13N3O2S. The number of aromatic nitrogens is 2. The van der Waals surface area contributed by atoms with Crippen LogP contribution in [0.3, 0.4) is 0 Å². The number of rotatable bonds is 4. The molecule has 0 fully saturated rings. The first-order valence-electron chi connectivity index (χ1n) is 5.43. The van der Waals surface area contributed by atoms with E-state index < -0.39 is 5.97 Å². The molecule has 2 rings (SSSR count). The Balaban J connectivity index is 2.08. The van der Waals surface area contributed by atoms with Gasteiger partial charge in [-0.1, -0.05) is 6.07 Å². The molecule has 0 aliphatic rings. The molecule has 0 aromatic carbocycles. The number of nitrogens with zero attached hydrogens (tertiary/aromatic N) is 2. The molecule has 94 valence electrons. The quantitative estimate of drug-likeness (QED) is 0.886. The molecule has 18 heavy (non-hydrogen) atoms. The van der Waals surface area contributed by atoms with Gasteiger partial charge in [0.25, 0.3) is 0 Å². The van der Waals surface area contributed by atoms with Gasteiger partial charge in [0.1, 0.15) is 5.82 Å². The molecule has 0 saturated carbocycles. The Kier molecular flexibility index (Phi) is 3.57. The third kappa shape index (κ3) is 2.84. The number of hydrogen-bond acceptors (Lipinski definition) is 5. The molecular weight excluding hydrogens is 250 g/mol. The van der Waals surface area contributed by atoms with Crippen LogP contribution in [0, 0.1) is 13.8 Å². The number of hydrogen-bond donors (Lipinski definition) is 2. The van der Waals surface area contributed by atoms with Gasteiger partial charge in [-0.25, -0.2) is 14.8 Å². The Morgan fingerprint density at radius 3 is 2.78 bits per heavy atom. The average molecular weight is 263 g/mol. The largest absolute Gasteiger partial charge is 0.477 e. The van der Waals surface area contributed by atoms with Crippen LogP contribution in [0.5, 0.6) is 0 Å². The topological polar surface area (TPSA) is 75.1 Å². The number of aromatic carboxylic acids is 1. The minimum Gasteiger partial charge on any atom is -0.477 e. The summed E-state index contributed by atoms with van der Waals surface area (Å²) >= 11 is 1.63. The molecule has 2 aromatic rings. The third-order valence-electron chi connectivity index (χ3n) is 2.40. The molecule has 0 unspecified atom stereocenters. The molecule has 0 bridgehead atoms. The summed E-state index contributed by atoms with van der Waals surface area (Å²) in [5.74, 6) is -0.469. The lowest BCUT2D eigenvalue weighted by Crippen LogP contribution is -2.05. The first-order chi connectivity index (χ1) is 8.56. The van der Waals surface area contributed by atoms with E-state index in [0.717, 1.165) is 15.6 Å². The molecule has 2 aromatic heterocycles. The lowest BCUT2D eigenvalue weighted by atomic mass is 10.3. The van der Waals surface area contributed by atoms with E-state index in [2.05, 4.69) is 15.3 Å². The highest BCUT2D eigenvalue weighted by atomic mass is 32.1. The SMILES string of the molecule is Cc1nc(C)c(CNc2cccc(C(=O)O)n2)s1. The molecule has 0 radical (unpaired) electrons. The Morgan fingerprint density at radius 2 is 2.17 bits per heavy atom. The van der Waals surface area contributed by atoms with Crippen molar-refractivity contribution in [2.45, 2.75) is 20.4 Å². The minimum absolute atomic E-state index is 0.0391. The highest BCUT2D eigenvalue weighted by molar-refractivity contribution is 7.11. The summed E-state index contributed by atoms with van der Waals surface area (Å²) in [6, 6.07) is 4.88. The number of carboxylic acids is 1. The standard InChI is InChI=1S/C12H13N3O2S/c1-7-10(18-8(2)14-7)6-13-11-5-3-4-9(15-11)12(16)17/h3-5H,6H2,1-2H3,(H,13,15)(H,16,17). The van der Waals surface area contributed by atoms with Gasteiger partial charge in [-0.3, -0.25) is 0 Å². The van der Waals surface area contributed by atoms with Crippen molar-refractivity contribution in [2.75, 3.05) is 5.32 Å². The van der Waals surface area contributed by atoms with E-state index in [1.54, 1.807) is 23.5 Å². The number of carbonyl (C=O) groups is 1. The van der Waals surface area contributed by atoms with E-state index in [1.807, 2.05) is 13.8 Å². The molecule has 2 N–H and O–H groups in total. The van der Waals surface area contributed by atoms with Crippen LogP contribution in [0.1, 0.15) is 26.1 Å². The van der Waals surface area contributed by atoms with E-state index >= 15 is 0 Å². The van der Waals surface area contributed by atoms with Crippen LogP contribution in [0.25, 0.3) is 0 Å². The van der Waals surface area contributed by atoms with Crippen LogP contribution in [-0.2, 0) is 6.54 Å². The molecule has 5 nitrogen and oxygen atoms in total. The number of thiazole rings is 1. The molecule has 0 saturated heterocycles. The zero-order chi connectivity index (χ0) is 13.1. The Bertz CT molecular complexity index is 580. The third-order valence-corrected chi connectivity index (χ3v) is 3.47. The second-order valence-electron chi connectivity index (χ2n) is 3.81. The summed E-state index contributed by atoms with van der Waals surface area (Å²) in [7, 11) is 0. The average Bonchev–Trinajstić information content (AvgIpc) is 2.65. The van der Waals surface area contributed by atoms with Gasteiger partial charge in [0, 0.05) is 4.88 Å². The molecule has 0 spiro atoms. The van der Waals surface area contributed by atoms with E-state index in [9.17, 15) is 4.79 Å². The molecule has 2 heterocycles. The van der Waals surface area contributed by atoms with Gasteiger partial charge in [-0.15, -0.1) is 11.3 Å². The van der Waals surface area contributed by atoms with Crippen molar-refractivity contribution >= 4 is 23.1 Å². The van der Waals surface area contributed by atoms with Gasteiger partial charge in [-0.2, -0.15) is 0 Å². The van der Waals surface area contributed by atoms with Crippen molar-refractivity contribution in [1.82, 2.24) is 9.97 Å². The summed E-state index contributed by atoms with van der Waals surface area (Å²) < 4.78 is 0. The Morgan fingerprint density at radius 1 is 1.39 bits per heavy atom. The predicted molar refractivity (Wildman–Crippen MR) is 70.1 cm³/mol. The van der Waals surface area contributed by atoms with Crippen molar-refractivity contribution < 1.29 is 9.90 Å². The van der Waals surface area contributed by atoms with Crippen LogP contribution >= 0.6 is 11.3 Å². The number of anilines is 1. The fourth-order valence-corrected chi connectivity index (χ4v) is 2.44. The summed E-state index contributed by atoms with van der Waals surface area (Å²) in [5.41, 5.74) is 1.04. The lowest BCUT2D eigenvalue weighted by molar-refractivity contribution is 0.0690. The maximum absolute atomic E-state index is 10.8. The molecule has 0 aliphatic heterocycles. The minimum atomic E-state index is -1.02. The fourth-order valence-electron chi connectivity index (χ4n) is 1.56. The zero-order valence-electron chi connectivity index (χ0n) is 10.1. The van der Waals surface area contributed by atoms with Crippen LogP contribution in [0.4, 0.5) is 5.82 Å². The molecule has 0 atom stereocenters. The number of nitrogens with one attached hydrogen (secondary N) is 1. The lowest BCUT2D eigenvalue weighted by Gasteiger charge is -2.04. The highest BCUT2D eigenvalue weighted by Crippen LogP contribution is 2.18. The monoisotopic (exact) mass is 263 g/mol. The molecule has 0 amide bonds. The molecule has 0 aliphatic carbocycles. The van der Waals surface area contributed by atoms with Crippen LogP contribution in [0.15, 0.2) is 18.2 Å². The maximum atomic E-state index is 10.8. The number of pyridine rings is 1. The van der Waals surface area contributed by atoms with Crippen LogP contribution in [-0.4, -0.2) is 21.0 Å². The van der Waals surface area contributed by atoms with Crippen LogP contribution in [0.2, 0.25) is 0 Å². The number of aryl methyl sites for hydroxylation is 2. The first kappa shape index (κ1) is 12.5. The van der Waals surface area contributed by atoms with Crippen molar-refractivity contribution in [3.8, 4) is 0 Å². The zero-order valence-corrected chi connectivity index (χ0v) is 10.9.